The number of anilines is 6. The van der Waals surface area contributed by atoms with Crippen LogP contribution in [-0.4, -0.2) is 13.5 Å². The molecule has 0 spiro atoms. The Morgan fingerprint density at radius 3 is 1.57 bits per heavy atom. The van der Waals surface area contributed by atoms with E-state index in [1.165, 1.54) is 107 Å². The standard InChI is InChI=1S/C60H43BN2O2S2/c1-35-27-51-59-52(28-35)63(42-22-18-40(19-23-42)60(2,3)4)50-33-54-53(64-34-65-54)32-48(50)61(59)47-29-37(39-16-25-46-44-10-6-8-12-56(44)67-58(46)31-39)17-26-49(47)62(51)41-20-13-36(14-21-41)38-15-24-45-43-9-5-7-11-55(43)66-57(45)30-38/h5-33H,34H2,1-4H3. The summed E-state index contributed by atoms with van der Waals surface area (Å²) in [6.07, 6.45) is 0. The van der Waals surface area contributed by atoms with Gasteiger partial charge in [-0.25, -0.2) is 0 Å². The maximum absolute atomic E-state index is 6.18. The summed E-state index contributed by atoms with van der Waals surface area (Å²) in [5.41, 5.74) is 18.0. The van der Waals surface area contributed by atoms with Gasteiger partial charge in [0, 0.05) is 80.5 Å². The normalized spacial score (nSPS) is 13.8. The van der Waals surface area contributed by atoms with Crippen LogP contribution < -0.4 is 35.7 Å². The van der Waals surface area contributed by atoms with Crippen molar-refractivity contribution in [1.82, 2.24) is 0 Å². The average Bonchev–Trinajstić information content (AvgIpc) is 4.07. The lowest BCUT2D eigenvalue weighted by Gasteiger charge is -2.44. The molecule has 320 valence electrons. The monoisotopic (exact) mass is 898 g/mol. The molecule has 0 fully saturated rings. The molecule has 3 aliphatic rings. The second-order valence-electron chi connectivity index (χ2n) is 19.3. The quantitative estimate of drug-likeness (QED) is 0.164. The molecule has 0 unspecified atom stereocenters. The van der Waals surface area contributed by atoms with E-state index in [1.54, 1.807) is 0 Å². The summed E-state index contributed by atoms with van der Waals surface area (Å²) in [6.45, 7) is 9.19. The van der Waals surface area contributed by atoms with Crippen LogP contribution in [0.4, 0.5) is 34.1 Å². The number of ether oxygens (including phenoxy) is 2. The van der Waals surface area contributed by atoms with E-state index in [1.807, 2.05) is 22.7 Å². The highest BCUT2D eigenvalue weighted by molar-refractivity contribution is 7.26. The average molecular weight is 899 g/mol. The first-order valence-corrected chi connectivity index (χ1v) is 24.7. The van der Waals surface area contributed by atoms with Crippen LogP contribution >= 0.6 is 22.7 Å². The van der Waals surface area contributed by atoms with Gasteiger partial charge in [-0.15, -0.1) is 22.7 Å². The zero-order chi connectivity index (χ0) is 44.7. The predicted molar refractivity (Wildman–Crippen MR) is 287 cm³/mol. The number of rotatable bonds is 4. The first-order valence-electron chi connectivity index (χ1n) is 23.1. The molecule has 0 bridgehead atoms. The zero-order valence-corrected chi connectivity index (χ0v) is 39.2. The molecule has 9 aromatic carbocycles. The highest BCUT2D eigenvalue weighted by Gasteiger charge is 2.44. The molecule has 5 heterocycles. The van der Waals surface area contributed by atoms with Crippen LogP contribution in [0.3, 0.4) is 0 Å². The summed E-state index contributed by atoms with van der Waals surface area (Å²) in [4.78, 5) is 4.97. The van der Waals surface area contributed by atoms with E-state index < -0.39 is 0 Å². The Balaban J connectivity index is 0.977. The van der Waals surface area contributed by atoms with Crippen LogP contribution in [0.15, 0.2) is 176 Å². The van der Waals surface area contributed by atoms with Gasteiger partial charge in [-0.1, -0.05) is 118 Å². The molecule has 0 radical (unpaired) electrons. The predicted octanol–water partition coefficient (Wildman–Crippen LogP) is 15.2. The Bertz CT molecular complexity index is 3860. The van der Waals surface area contributed by atoms with Gasteiger partial charge in [-0.2, -0.15) is 0 Å². The number of hydrogen-bond donors (Lipinski definition) is 0. The fourth-order valence-corrected chi connectivity index (χ4v) is 13.3. The maximum Gasteiger partial charge on any atom is 0.252 e. The van der Waals surface area contributed by atoms with E-state index in [0.717, 1.165) is 28.6 Å². The van der Waals surface area contributed by atoms with Gasteiger partial charge in [0.1, 0.15) is 0 Å². The number of benzene rings is 9. The fraction of sp³-hybridized carbons (Fsp3) is 0.100. The van der Waals surface area contributed by atoms with Gasteiger partial charge >= 0.3 is 0 Å². The third-order valence-electron chi connectivity index (χ3n) is 14.2. The second kappa shape index (κ2) is 14.3. The molecule has 11 aromatic rings. The highest BCUT2D eigenvalue weighted by atomic mass is 32.1. The fourth-order valence-electron chi connectivity index (χ4n) is 11.0. The van der Waals surface area contributed by atoms with Crippen LogP contribution in [0.25, 0.3) is 62.6 Å². The lowest BCUT2D eigenvalue weighted by atomic mass is 9.33. The minimum Gasteiger partial charge on any atom is -0.454 e. The van der Waals surface area contributed by atoms with E-state index >= 15 is 0 Å². The lowest BCUT2D eigenvalue weighted by Crippen LogP contribution is -2.61. The highest BCUT2D eigenvalue weighted by Crippen LogP contribution is 2.48. The molecule has 0 saturated carbocycles. The molecule has 4 nitrogen and oxygen atoms in total. The van der Waals surface area contributed by atoms with Crippen molar-refractivity contribution in [2.45, 2.75) is 33.1 Å². The van der Waals surface area contributed by atoms with Crippen LogP contribution in [-0.2, 0) is 5.41 Å². The van der Waals surface area contributed by atoms with Gasteiger partial charge in [0.25, 0.3) is 6.71 Å². The van der Waals surface area contributed by atoms with Gasteiger partial charge < -0.3 is 19.3 Å². The Hall–Kier alpha value is -7.32. The van der Waals surface area contributed by atoms with E-state index in [4.69, 9.17) is 9.47 Å². The number of hydrogen-bond acceptors (Lipinski definition) is 6. The number of nitrogens with zero attached hydrogens (tertiary/aromatic N) is 2. The summed E-state index contributed by atoms with van der Waals surface area (Å²) in [7, 11) is 0. The molecule has 0 atom stereocenters. The van der Waals surface area contributed by atoms with Crippen molar-refractivity contribution in [2.24, 2.45) is 0 Å². The van der Waals surface area contributed by atoms with Crippen molar-refractivity contribution >= 4 is 120 Å². The van der Waals surface area contributed by atoms with Crippen LogP contribution in [0, 0.1) is 6.92 Å². The summed E-state index contributed by atoms with van der Waals surface area (Å²) < 4.78 is 17.6. The molecule has 14 rings (SSSR count). The van der Waals surface area contributed by atoms with Crippen molar-refractivity contribution in [3.05, 3.63) is 187 Å². The van der Waals surface area contributed by atoms with Gasteiger partial charge in [-0.3, -0.25) is 0 Å². The van der Waals surface area contributed by atoms with Crippen LogP contribution in [0.1, 0.15) is 31.9 Å². The van der Waals surface area contributed by atoms with Crippen molar-refractivity contribution in [2.75, 3.05) is 16.6 Å². The summed E-state index contributed by atoms with van der Waals surface area (Å²) in [5.74, 6) is 1.57. The third kappa shape index (κ3) is 5.97. The molecule has 2 aromatic heterocycles. The number of fused-ring (bicyclic) bond motifs is 11. The largest absolute Gasteiger partial charge is 0.454 e. The molecule has 0 saturated heterocycles. The molecule has 67 heavy (non-hydrogen) atoms. The maximum atomic E-state index is 6.18. The smallest absolute Gasteiger partial charge is 0.252 e. The van der Waals surface area contributed by atoms with Gasteiger partial charge in [0.2, 0.25) is 6.79 Å². The SMILES string of the molecule is Cc1cc2c3c(c1)N(c1ccc(C(C)(C)C)cc1)c1cc4c(cc1B3c1cc(-c3ccc5c(c3)sc3ccccc35)ccc1N2c1ccc(-c2ccc3c(c2)sc2ccccc23)cc1)OCO4. The van der Waals surface area contributed by atoms with Crippen LogP contribution in [0.2, 0.25) is 0 Å². The van der Waals surface area contributed by atoms with Gasteiger partial charge in [0.05, 0.1) is 0 Å². The van der Waals surface area contributed by atoms with Crippen molar-refractivity contribution < 1.29 is 9.47 Å². The minimum atomic E-state index is -0.0771. The summed E-state index contributed by atoms with van der Waals surface area (Å²) in [6, 6.07) is 66.1. The van der Waals surface area contributed by atoms with Crippen molar-refractivity contribution in [3.8, 4) is 33.8 Å². The van der Waals surface area contributed by atoms with E-state index in [0.29, 0.717) is 0 Å². The molecular formula is C60H43BN2O2S2. The van der Waals surface area contributed by atoms with E-state index in [-0.39, 0.29) is 18.9 Å². The minimum absolute atomic E-state index is 0.0300. The van der Waals surface area contributed by atoms with Crippen molar-refractivity contribution in [1.29, 1.82) is 0 Å². The van der Waals surface area contributed by atoms with E-state index in [2.05, 4.69) is 213 Å². The Morgan fingerprint density at radius 2 is 0.940 bits per heavy atom. The molecule has 3 aliphatic heterocycles. The first kappa shape index (κ1) is 38.9. The topological polar surface area (TPSA) is 24.9 Å². The third-order valence-corrected chi connectivity index (χ3v) is 16.5. The molecule has 0 aliphatic carbocycles. The number of aryl methyl sites for hydroxylation is 1. The molecular weight excluding hydrogens is 856 g/mol. The molecule has 0 amide bonds. The van der Waals surface area contributed by atoms with Crippen LogP contribution in [0.5, 0.6) is 11.5 Å². The molecule has 0 N–H and O–H groups in total. The summed E-state index contributed by atoms with van der Waals surface area (Å²) >= 11 is 3.74. The summed E-state index contributed by atoms with van der Waals surface area (Å²) in [5, 5.41) is 5.27. The number of thiophene rings is 2. The second-order valence-corrected chi connectivity index (χ2v) is 21.5. The van der Waals surface area contributed by atoms with Gasteiger partial charge in [0.15, 0.2) is 11.5 Å². The molecule has 7 heteroatoms. The lowest BCUT2D eigenvalue weighted by molar-refractivity contribution is 0.174. The zero-order valence-electron chi connectivity index (χ0n) is 37.6. The van der Waals surface area contributed by atoms with E-state index in [9.17, 15) is 0 Å². The Labute approximate surface area is 398 Å². The Morgan fingerprint density at radius 1 is 0.448 bits per heavy atom. The van der Waals surface area contributed by atoms with Gasteiger partial charge in [-0.05, 0) is 135 Å². The Kier molecular flexibility index (Phi) is 8.33. The van der Waals surface area contributed by atoms with Crippen molar-refractivity contribution in [3.63, 3.8) is 0 Å². The first-order chi connectivity index (χ1) is 32.7.